The number of amides is 1. The molecule has 1 aliphatic carbocycles. The summed E-state index contributed by atoms with van der Waals surface area (Å²) < 4.78 is 6.19. The van der Waals surface area contributed by atoms with Gasteiger partial charge < -0.3 is 10.1 Å². The van der Waals surface area contributed by atoms with E-state index in [9.17, 15) is 9.59 Å². The van der Waals surface area contributed by atoms with Crippen molar-refractivity contribution in [1.82, 2.24) is 0 Å². The van der Waals surface area contributed by atoms with Gasteiger partial charge in [-0.15, -0.1) is 0 Å². The molecule has 1 aliphatic heterocycles. The van der Waals surface area contributed by atoms with E-state index in [4.69, 9.17) is 27.9 Å². The van der Waals surface area contributed by atoms with Crippen molar-refractivity contribution >= 4 is 40.6 Å². The van der Waals surface area contributed by atoms with Crippen LogP contribution in [0.25, 0.3) is 0 Å². The van der Waals surface area contributed by atoms with Gasteiger partial charge in [0.05, 0.1) is 12.2 Å². The van der Waals surface area contributed by atoms with Crippen LogP contribution in [0, 0.1) is 0 Å². The number of halogens is 2. The molecule has 4 nitrogen and oxygen atoms in total. The SMILES string of the molecule is CC(C)O[C@H]1CC(=O)C[C@@H](c2cccc(Cl)c2)[C@]12C(=O)Nc1cc(Cl)ccc12. The third kappa shape index (κ3) is 3.04. The molecule has 2 aromatic carbocycles. The lowest BCUT2D eigenvalue weighted by Crippen LogP contribution is -2.56. The minimum Gasteiger partial charge on any atom is -0.374 e. The molecule has 1 amide bonds. The van der Waals surface area contributed by atoms with Gasteiger partial charge in [0, 0.05) is 34.5 Å². The van der Waals surface area contributed by atoms with Crippen molar-refractivity contribution in [2.45, 2.75) is 50.2 Å². The van der Waals surface area contributed by atoms with Crippen LogP contribution in [-0.4, -0.2) is 23.9 Å². The summed E-state index contributed by atoms with van der Waals surface area (Å²) >= 11 is 12.4. The van der Waals surface area contributed by atoms with Crippen LogP contribution in [0.4, 0.5) is 5.69 Å². The van der Waals surface area contributed by atoms with E-state index in [1.807, 2.05) is 38.1 Å². The molecule has 2 aromatic rings. The van der Waals surface area contributed by atoms with E-state index in [1.54, 1.807) is 18.2 Å². The number of carbonyl (C=O) groups is 2. The lowest BCUT2D eigenvalue weighted by atomic mass is 9.59. The van der Waals surface area contributed by atoms with Crippen LogP contribution in [0.1, 0.15) is 43.7 Å². The summed E-state index contributed by atoms with van der Waals surface area (Å²) in [4.78, 5) is 26.2. The van der Waals surface area contributed by atoms with E-state index >= 15 is 0 Å². The number of benzene rings is 2. The third-order valence-electron chi connectivity index (χ3n) is 5.64. The Labute approximate surface area is 174 Å². The molecule has 1 heterocycles. The molecule has 2 aliphatic rings. The van der Waals surface area contributed by atoms with Gasteiger partial charge in [-0.2, -0.15) is 0 Å². The molecule has 1 spiro atoms. The van der Waals surface area contributed by atoms with Crippen molar-refractivity contribution in [3.8, 4) is 0 Å². The topological polar surface area (TPSA) is 55.4 Å². The van der Waals surface area contributed by atoms with Gasteiger partial charge in [0.25, 0.3) is 0 Å². The van der Waals surface area contributed by atoms with Gasteiger partial charge in [-0.05, 0) is 49.2 Å². The van der Waals surface area contributed by atoms with E-state index in [2.05, 4.69) is 5.32 Å². The molecule has 3 atom stereocenters. The van der Waals surface area contributed by atoms with Gasteiger partial charge in [0.1, 0.15) is 11.2 Å². The van der Waals surface area contributed by atoms with Crippen LogP contribution < -0.4 is 5.32 Å². The van der Waals surface area contributed by atoms with Crippen molar-refractivity contribution in [3.63, 3.8) is 0 Å². The van der Waals surface area contributed by atoms with Gasteiger partial charge in [0.2, 0.25) is 5.91 Å². The fourth-order valence-corrected chi connectivity index (χ4v) is 5.02. The number of ether oxygens (including phenoxy) is 1. The third-order valence-corrected chi connectivity index (χ3v) is 6.11. The largest absolute Gasteiger partial charge is 0.374 e. The molecule has 0 aromatic heterocycles. The Morgan fingerprint density at radius 2 is 1.82 bits per heavy atom. The first-order chi connectivity index (χ1) is 13.3. The Morgan fingerprint density at radius 3 is 2.54 bits per heavy atom. The highest BCUT2D eigenvalue weighted by molar-refractivity contribution is 6.31. The molecule has 6 heteroatoms. The molecule has 0 bridgehead atoms. The first-order valence-corrected chi connectivity index (χ1v) is 10.1. The second-order valence-electron chi connectivity index (χ2n) is 7.74. The van der Waals surface area contributed by atoms with Crippen molar-refractivity contribution in [3.05, 3.63) is 63.6 Å². The Bertz CT molecular complexity index is 959. The number of rotatable bonds is 3. The maximum atomic E-state index is 13.5. The fraction of sp³-hybridized carbons (Fsp3) is 0.364. The minimum atomic E-state index is -1.01. The van der Waals surface area contributed by atoms with Crippen LogP contribution in [0.5, 0.6) is 0 Å². The predicted octanol–water partition coefficient (Wildman–Crippen LogP) is 5.12. The zero-order valence-corrected chi connectivity index (χ0v) is 17.2. The van der Waals surface area contributed by atoms with Crippen LogP contribution in [0.3, 0.4) is 0 Å². The standard InChI is InChI=1S/C22H21Cl2NO3/c1-12(2)28-20-11-16(26)10-18(13-4-3-5-14(23)8-13)22(20)17-7-6-15(24)9-19(17)25-21(22)27/h3-9,12,18,20H,10-11H2,1-2H3,(H,25,27)/t18-,20-,22-/m0/s1. The number of nitrogens with one attached hydrogen (secondary N) is 1. The number of carbonyl (C=O) groups excluding carboxylic acids is 2. The molecule has 1 saturated carbocycles. The highest BCUT2D eigenvalue weighted by atomic mass is 35.5. The minimum absolute atomic E-state index is 0.0801. The van der Waals surface area contributed by atoms with E-state index < -0.39 is 11.5 Å². The monoisotopic (exact) mass is 417 g/mol. The Kier molecular flexibility index (Phi) is 4.98. The summed E-state index contributed by atoms with van der Waals surface area (Å²) in [6, 6.07) is 12.8. The molecule has 28 heavy (non-hydrogen) atoms. The van der Waals surface area contributed by atoms with Crippen LogP contribution >= 0.6 is 23.2 Å². The Hall–Kier alpha value is -1.88. The van der Waals surface area contributed by atoms with Gasteiger partial charge in [-0.25, -0.2) is 0 Å². The lowest BCUT2D eigenvalue weighted by molar-refractivity contribution is -0.142. The smallest absolute Gasteiger partial charge is 0.238 e. The molecule has 146 valence electrons. The molecule has 0 radical (unpaired) electrons. The average molecular weight is 418 g/mol. The van der Waals surface area contributed by atoms with Crippen molar-refractivity contribution < 1.29 is 14.3 Å². The van der Waals surface area contributed by atoms with E-state index in [0.29, 0.717) is 15.7 Å². The van der Waals surface area contributed by atoms with E-state index in [1.165, 1.54) is 0 Å². The van der Waals surface area contributed by atoms with Gasteiger partial charge in [-0.1, -0.05) is 41.4 Å². The predicted molar refractivity (Wildman–Crippen MR) is 110 cm³/mol. The number of anilines is 1. The number of hydrogen-bond acceptors (Lipinski definition) is 3. The highest BCUT2D eigenvalue weighted by Crippen LogP contribution is 2.55. The van der Waals surface area contributed by atoms with E-state index in [0.717, 1.165) is 11.1 Å². The number of fused-ring (bicyclic) bond motifs is 2. The lowest BCUT2D eigenvalue weighted by Gasteiger charge is -2.45. The summed E-state index contributed by atoms with van der Waals surface area (Å²) in [5.41, 5.74) is 1.35. The molecular formula is C22H21Cl2NO3. The van der Waals surface area contributed by atoms with Crippen molar-refractivity contribution in [1.29, 1.82) is 0 Å². The fourth-order valence-electron chi connectivity index (χ4n) is 4.65. The molecule has 1 N–H and O–H groups in total. The molecule has 1 fully saturated rings. The molecular weight excluding hydrogens is 397 g/mol. The maximum Gasteiger partial charge on any atom is 0.238 e. The zero-order chi connectivity index (χ0) is 20.1. The first-order valence-electron chi connectivity index (χ1n) is 9.36. The summed E-state index contributed by atoms with van der Waals surface area (Å²) in [5, 5.41) is 4.10. The van der Waals surface area contributed by atoms with Crippen molar-refractivity contribution in [2.24, 2.45) is 0 Å². The maximum absolute atomic E-state index is 13.5. The number of ketones is 1. The van der Waals surface area contributed by atoms with Gasteiger partial charge in [-0.3, -0.25) is 9.59 Å². The van der Waals surface area contributed by atoms with Gasteiger partial charge in [0.15, 0.2) is 0 Å². The van der Waals surface area contributed by atoms with Crippen LogP contribution in [0.15, 0.2) is 42.5 Å². The first kappa shape index (κ1) is 19.4. The summed E-state index contributed by atoms with van der Waals surface area (Å²) in [5.74, 6) is -0.456. The van der Waals surface area contributed by atoms with Crippen LogP contribution in [-0.2, 0) is 19.7 Å². The second kappa shape index (κ2) is 7.18. The summed E-state index contributed by atoms with van der Waals surface area (Å²) in [7, 11) is 0. The van der Waals surface area contributed by atoms with Crippen LogP contribution in [0.2, 0.25) is 10.0 Å². The van der Waals surface area contributed by atoms with Gasteiger partial charge >= 0.3 is 0 Å². The quantitative estimate of drug-likeness (QED) is 0.753. The summed E-state index contributed by atoms with van der Waals surface area (Å²) in [6.45, 7) is 3.83. The zero-order valence-electron chi connectivity index (χ0n) is 15.7. The second-order valence-corrected chi connectivity index (χ2v) is 8.61. The number of hydrogen-bond donors (Lipinski definition) is 1. The average Bonchev–Trinajstić information content (AvgIpc) is 2.89. The molecule has 0 unspecified atom stereocenters. The Balaban J connectivity index is 1.96. The highest BCUT2D eigenvalue weighted by Gasteiger charge is 2.61. The normalized spacial score (nSPS) is 26.6. The van der Waals surface area contributed by atoms with E-state index in [-0.39, 0.29) is 36.6 Å². The molecule has 0 saturated heterocycles. The number of Topliss-reactive ketones (excluding diaryl/α,β-unsaturated/α-hetero) is 1. The molecule has 4 rings (SSSR count). The Morgan fingerprint density at radius 1 is 1.07 bits per heavy atom. The summed E-state index contributed by atoms with van der Waals surface area (Å²) in [6.07, 6.45) is -0.240. The van der Waals surface area contributed by atoms with Crippen molar-refractivity contribution in [2.75, 3.05) is 5.32 Å².